The molecule has 1 unspecified atom stereocenters. The van der Waals surface area contributed by atoms with E-state index in [4.69, 9.17) is 9.84 Å². The highest BCUT2D eigenvalue weighted by Crippen LogP contribution is 2.02. The molecular formula is C15H15N3O6. The minimum absolute atomic E-state index is 0.0156. The number of nitrogens with one attached hydrogen (secondary N) is 3. The summed E-state index contributed by atoms with van der Waals surface area (Å²) in [5.74, 6) is -1.34. The smallest absolute Gasteiger partial charge is 0.408 e. The van der Waals surface area contributed by atoms with Crippen molar-refractivity contribution >= 4 is 12.1 Å². The molecule has 126 valence electrons. The van der Waals surface area contributed by atoms with E-state index < -0.39 is 29.4 Å². The van der Waals surface area contributed by atoms with Crippen LogP contribution in [0.3, 0.4) is 0 Å². The molecule has 9 nitrogen and oxygen atoms in total. The number of carbonyl (C=O) groups is 2. The standard InChI is InChI=1S/C15H15N3O6/c19-12-10(7-16-14(22)18-12)6-11(13(20)21)17-15(23)24-8-9-4-2-1-3-5-9/h1-5,7,11H,6,8H2,(H,17,23)(H,20,21)(H2,16,18,19,22). The third-order valence-corrected chi connectivity index (χ3v) is 3.12. The van der Waals surface area contributed by atoms with Crippen molar-refractivity contribution in [3.05, 3.63) is 68.5 Å². The van der Waals surface area contributed by atoms with Gasteiger partial charge in [-0.25, -0.2) is 14.4 Å². The molecule has 2 rings (SSSR count). The van der Waals surface area contributed by atoms with Crippen LogP contribution in [0, 0.1) is 0 Å². The molecule has 0 radical (unpaired) electrons. The molecule has 1 aromatic heterocycles. The third-order valence-electron chi connectivity index (χ3n) is 3.12. The lowest BCUT2D eigenvalue weighted by Crippen LogP contribution is -2.43. The first-order valence-corrected chi connectivity index (χ1v) is 6.96. The van der Waals surface area contributed by atoms with E-state index in [9.17, 15) is 19.2 Å². The number of benzene rings is 1. The summed E-state index contributed by atoms with van der Waals surface area (Å²) in [6.07, 6.45) is -0.122. The second-order valence-electron chi connectivity index (χ2n) is 4.90. The summed E-state index contributed by atoms with van der Waals surface area (Å²) >= 11 is 0. The van der Waals surface area contributed by atoms with Crippen molar-refractivity contribution in [2.45, 2.75) is 19.1 Å². The maximum absolute atomic E-state index is 11.7. The molecule has 0 saturated carbocycles. The number of ether oxygens (including phenoxy) is 1. The molecule has 4 N–H and O–H groups in total. The quantitative estimate of drug-likeness (QED) is 0.585. The van der Waals surface area contributed by atoms with Crippen molar-refractivity contribution in [2.75, 3.05) is 0 Å². The number of alkyl carbamates (subject to hydrolysis) is 1. The van der Waals surface area contributed by atoms with E-state index in [0.717, 1.165) is 11.8 Å². The molecule has 1 heterocycles. The van der Waals surface area contributed by atoms with Crippen LogP contribution in [0.2, 0.25) is 0 Å². The topological polar surface area (TPSA) is 141 Å². The zero-order valence-electron chi connectivity index (χ0n) is 12.4. The van der Waals surface area contributed by atoms with E-state index in [1.54, 1.807) is 24.3 Å². The van der Waals surface area contributed by atoms with Crippen LogP contribution in [0.4, 0.5) is 4.79 Å². The van der Waals surface area contributed by atoms with Crippen LogP contribution in [0.5, 0.6) is 0 Å². The molecule has 24 heavy (non-hydrogen) atoms. The van der Waals surface area contributed by atoms with Gasteiger partial charge in [0.1, 0.15) is 12.6 Å². The van der Waals surface area contributed by atoms with Gasteiger partial charge in [0, 0.05) is 18.2 Å². The molecule has 9 heteroatoms. The number of aliphatic carboxylic acids is 1. The number of aromatic amines is 2. The molecule has 0 aliphatic rings. The Bertz CT molecular complexity index is 827. The van der Waals surface area contributed by atoms with Crippen molar-refractivity contribution in [3.63, 3.8) is 0 Å². The summed E-state index contributed by atoms with van der Waals surface area (Å²) in [4.78, 5) is 49.7. The number of amides is 1. The van der Waals surface area contributed by atoms with Crippen LogP contribution >= 0.6 is 0 Å². The molecule has 0 bridgehead atoms. The monoisotopic (exact) mass is 333 g/mol. The van der Waals surface area contributed by atoms with Crippen LogP contribution in [0.25, 0.3) is 0 Å². The number of carboxylic acids is 1. The first kappa shape index (κ1) is 17.0. The highest BCUT2D eigenvalue weighted by Gasteiger charge is 2.22. The number of hydrogen-bond acceptors (Lipinski definition) is 5. The number of hydrogen-bond donors (Lipinski definition) is 4. The minimum Gasteiger partial charge on any atom is -0.480 e. The Labute approximate surface area is 135 Å². The molecular weight excluding hydrogens is 318 g/mol. The molecule has 0 saturated heterocycles. The largest absolute Gasteiger partial charge is 0.480 e. The van der Waals surface area contributed by atoms with Gasteiger partial charge in [0.25, 0.3) is 5.56 Å². The maximum Gasteiger partial charge on any atom is 0.408 e. The van der Waals surface area contributed by atoms with Gasteiger partial charge in [0.05, 0.1) is 0 Å². The van der Waals surface area contributed by atoms with E-state index in [1.807, 2.05) is 11.1 Å². The number of H-pyrrole nitrogens is 2. The third kappa shape index (κ3) is 4.83. The molecule has 0 fully saturated rings. The average molecular weight is 333 g/mol. The summed E-state index contributed by atoms with van der Waals surface area (Å²) in [6.45, 7) is -0.0156. The van der Waals surface area contributed by atoms with Crippen LogP contribution in [-0.2, 0) is 22.6 Å². The Morgan fingerprint density at radius 1 is 1.21 bits per heavy atom. The lowest BCUT2D eigenvalue weighted by molar-refractivity contribution is -0.139. The van der Waals surface area contributed by atoms with Gasteiger partial charge >= 0.3 is 17.8 Å². The number of carboxylic acid groups (broad SMARTS) is 1. The van der Waals surface area contributed by atoms with Gasteiger partial charge in [-0.05, 0) is 5.56 Å². The Hall–Kier alpha value is -3.36. The Morgan fingerprint density at radius 2 is 1.92 bits per heavy atom. The predicted molar refractivity (Wildman–Crippen MR) is 82.6 cm³/mol. The van der Waals surface area contributed by atoms with E-state index in [-0.39, 0.29) is 18.6 Å². The van der Waals surface area contributed by atoms with E-state index in [1.165, 1.54) is 0 Å². The fourth-order valence-corrected chi connectivity index (χ4v) is 1.92. The van der Waals surface area contributed by atoms with Crippen molar-refractivity contribution in [1.29, 1.82) is 0 Å². The Morgan fingerprint density at radius 3 is 2.54 bits per heavy atom. The second kappa shape index (κ2) is 7.77. The zero-order chi connectivity index (χ0) is 17.5. The molecule has 1 aromatic carbocycles. The number of aromatic nitrogens is 2. The van der Waals surface area contributed by atoms with E-state index in [0.29, 0.717) is 0 Å². The minimum atomic E-state index is -1.37. The first-order chi connectivity index (χ1) is 11.5. The summed E-state index contributed by atoms with van der Waals surface area (Å²) in [5, 5.41) is 11.3. The molecule has 2 aromatic rings. The molecule has 1 amide bonds. The maximum atomic E-state index is 11.7. The summed E-state index contributed by atoms with van der Waals surface area (Å²) < 4.78 is 4.94. The van der Waals surface area contributed by atoms with E-state index in [2.05, 4.69) is 10.3 Å². The normalized spacial score (nSPS) is 11.5. The summed E-state index contributed by atoms with van der Waals surface area (Å²) in [6, 6.07) is 7.49. The van der Waals surface area contributed by atoms with Crippen molar-refractivity contribution in [2.24, 2.45) is 0 Å². The van der Waals surface area contributed by atoms with Gasteiger partial charge in [0.15, 0.2) is 0 Å². The van der Waals surface area contributed by atoms with Gasteiger partial charge < -0.3 is 20.1 Å². The van der Waals surface area contributed by atoms with Crippen molar-refractivity contribution in [3.8, 4) is 0 Å². The molecule has 0 aliphatic heterocycles. The average Bonchev–Trinajstić information content (AvgIpc) is 2.55. The number of rotatable bonds is 6. The van der Waals surface area contributed by atoms with Gasteiger partial charge in [-0.3, -0.25) is 9.78 Å². The number of carbonyl (C=O) groups excluding carboxylic acids is 1. The van der Waals surface area contributed by atoms with Crippen LogP contribution in [0.15, 0.2) is 46.1 Å². The fraction of sp³-hybridized carbons (Fsp3) is 0.200. The second-order valence-corrected chi connectivity index (χ2v) is 4.90. The van der Waals surface area contributed by atoms with E-state index >= 15 is 0 Å². The summed E-state index contributed by atoms with van der Waals surface area (Å²) in [5.41, 5.74) is -0.655. The van der Waals surface area contributed by atoms with Gasteiger partial charge in [-0.2, -0.15) is 0 Å². The van der Waals surface area contributed by atoms with Crippen LogP contribution < -0.4 is 16.6 Å². The highest BCUT2D eigenvalue weighted by molar-refractivity contribution is 5.80. The lowest BCUT2D eigenvalue weighted by Gasteiger charge is -2.14. The van der Waals surface area contributed by atoms with Crippen LogP contribution in [-0.4, -0.2) is 33.2 Å². The predicted octanol–water partition coefficient (Wildman–Crippen LogP) is -0.0147. The first-order valence-electron chi connectivity index (χ1n) is 6.96. The van der Waals surface area contributed by atoms with Crippen LogP contribution in [0.1, 0.15) is 11.1 Å². The molecule has 0 spiro atoms. The van der Waals surface area contributed by atoms with Crippen molar-refractivity contribution < 1.29 is 19.4 Å². The van der Waals surface area contributed by atoms with Crippen molar-refractivity contribution in [1.82, 2.24) is 15.3 Å². The lowest BCUT2D eigenvalue weighted by atomic mass is 10.1. The SMILES string of the molecule is O=C(NC(Cc1c[nH]c(=O)[nH]c1=O)C(=O)O)OCc1ccccc1. The van der Waals surface area contributed by atoms with Gasteiger partial charge in [0.2, 0.25) is 0 Å². The Balaban J connectivity index is 1.97. The molecule has 0 aliphatic carbocycles. The molecule has 1 atom stereocenters. The van der Waals surface area contributed by atoms with Gasteiger partial charge in [-0.15, -0.1) is 0 Å². The van der Waals surface area contributed by atoms with Gasteiger partial charge in [-0.1, -0.05) is 30.3 Å². The summed E-state index contributed by atoms with van der Waals surface area (Å²) in [7, 11) is 0. The Kier molecular flexibility index (Phi) is 5.50. The zero-order valence-corrected chi connectivity index (χ0v) is 12.4. The fourth-order valence-electron chi connectivity index (χ4n) is 1.92. The highest BCUT2D eigenvalue weighted by atomic mass is 16.5.